The molecule has 2 atom stereocenters. The highest BCUT2D eigenvalue weighted by molar-refractivity contribution is 7.16. The Morgan fingerprint density at radius 3 is 2.90 bits per heavy atom. The zero-order valence-corrected chi connectivity index (χ0v) is 13.7. The molecular weight excluding hydrogens is 284 g/mol. The molecule has 0 spiro atoms. The number of nitrogens with zero attached hydrogens (tertiary/aromatic N) is 1. The maximum atomic E-state index is 9.97. The summed E-state index contributed by atoms with van der Waals surface area (Å²) in [5.74, 6) is 0.612. The number of aromatic nitrogens is 1. The van der Waals surface area contributed by atoms with E-state index < -0.39 is 6.10 Å². The van der Waals surface area contributed by atoms with Crippen molar-refractivity contribution in [3.05, 3.63) is 23.7 Å². The van der Waals surface area contributed by atoms with Gasteiger partial charge in [0.25, 0.3) is 0 Å². The van der Waals surface area contributed by atoms with Crippen LogP contribution in [-0.4, -0.2) is 35.5 Å². The Morgan fingerprint density at radius 1 is 1.33 bits per heavy atom. The SMILES string of the molecule is CC(C)CC(C)OCC(O)CNc1ccc2ncsc2c1. The van der Waals surface area contributed by atoms with E-state index in [1.807, 2.05) is 17.6 Å². The summed E-state index contributed by atoms with van der Waals surface area (Å²) in [6.07, 6.45) is 0.701. The van der Waals surface area contributed by atoms with Crippen LogP contribution in [0, 0.1) is 5.92 Å². The van der Waals surface area contributed by atoms with Gasteiger partial charge in [0.15, 0.2) is 0 Å². The molecule has 2 rings (SSSR count). The van der Waals surface area contributed by atoms with Crippen molar-refractivity contribution in [2.75, 3.05) is 18.5 Å². The molecule has 0 saturated heterocycles. The van der Waals surface area contributed by atoms with Crippen molar-refractivity contribution in [3.63, 3.8) is 0 Å². The van der Waals surface area contributed by atoms with E-state index in [0.717, 1.165) is 22.3 Å². The zero-order chi connectivity index (χ0) is 15.2. The second kappa shape index (κ2) is 7.73. The first-order valence-electron chi connectivity index (χ1n) is 7.41. The van der Waals surface area contributed by atoms with Crippen molar-refractivity contribution in [1.29, 1.82) is 0 Å². The van der Waals surface area contributed by atoms with E-state index >= 15 is 0 Å². The average molecular weight is 308 g/mol. The van der Waals surface area contributed by atoms with Crippen molar-refractivity contribution < 1.29 is 9.84 Å². The Morgan fingerprint density at radius 2 is 2.14 bits per heavy atom. The monoisotopic (exact) mass is 308 g/mol. The molecule has 0 aliphatic heterocycles. The molecule has 0 fully saturated rings. The molecule has 0 radical (unpaired) electrons. The summed E-state index contributed by atoms with van der Waals surface area (Å²) in [6, 6.07) is 6.03. The molecule has 0 aliphatic carbocycles. The molecule has 1 heterocycles. The molecule has 2 aromatic rings. The minimum absolute atomic E-state index is 0.188. The molecule has 1 aromatic heterocycles. The molecule has 21 heavy (non-hydrogen) atoms. The van der Waals surface area contributed by atoms with E-state index in [-0.39, 0.29) is 6.10 Å². The minimum Gasteiger partial charge on any atom is -0.389 e. The van der Waals surface area contributed by atoms with Crippen LogP contribution in [0.3, 0.4) is 0 Å². The van der Waals surface area contributed by atoms with Crippen LogP contribution in [0.2, 0.25) is 0 Å². The molecule has 0 amide bonds. The van der Waals surface area contributed by atoms with Gasteiger partial charge in [-0.3, -0.25) is 0 Å². The lowest BCUT2D eigenvalue weighted by molar-refractivity contribution is -0.00443. The summed E-state index contributed by atoms with van der Waals surface area (Å²) in [4.78, 5) is 4.25. The second-order valence-electron chi connectivity index (χ2n) is 5.84. The Labute approximate surface area is 130 Å². The summed E-state index contributed by atoms with van der Waals surface area (Å²) < 4.78 is 6.81. The van der Waals surface area contributed by atoms with Gasteiger partial charge >= 0.3 is 0 Å². The average Bonchev–Trinajstić information content (AvgIpc) is 2.89. The van der Waals surface area contributed by atoms with Gasteiger partial charge in [-0.25, -0.2) is 4.98 Å². The number of hydrogen-bond donors (Lipinski definition) is 2. The number of fused-ring (bicyclic) bond motifs is 1. The molecule has 4 nitrogen and oxygen atoms in total. The number of aliphatic hydroxyl groups is 1. The summed E-state index contributed by atoms with van der Waals surface area (Å²) >= 11 is 1.62. The van der Waals surface area contributed by atoms with Crippen molar-refractivity contribution in [3.8, 4) is 0 Å². The number of nitrogens with one attached hydrogen (secondary N) is 1. The van der Waals surface area contributed by atoms with Crippen molar-refractivity contribution in [2.24, 2.45) is 5.92 Å². The Hall–Kier alpha value is -1.17. The van der Waals surface area contributed by atoms with Crippen LogP contribution in [0.15, 0.2) is 23.7 Å². The fourth-order valence-corrected chi connectivity index (χ4v) is 2.98. The van der Waals surface area contributed by atoms with Crippen LogP contribution in [-0.2, 0) is 4.74 Å². The van der Waals surface area contributed by atoms with Crippen LogP contribution in [0.25, 0.3) is 10.2 Å². The van der Waals surface area contributed by atoms with E-state index in [9.17, 15) is 5.11 Å². The zero-order valence-electron chi connectivity index (χ0n) is 12.9. The van der Waals surface area contributed by atoms with Gasteiger partial charge in [0.2, 0.25) is 0 Å². The number of benzene rings is 1. The van der Waals surface area contributed by atoms with Gasteiger partial charge in [-0.1, -0.05) is 13.8 Å². The normalized spacial score (nSPS) is 14.5. The quantitative estimate of drug-likeness (QED) is 0.783. The number of hydrogen-bond acceptors (Lipinski definition) is 5. The topological polar surface area (TPSA) is 54.4 Å². The fraction of sp³-hybridized carbons (Fsp3) is 0.562. The van der Waals surface area contributed by atoms with Gasteiger partial charge in [0, 0.05) is 12.2 Å². The maximum absolute atomic E-state index is 9.97. The Bertz CT molecular complexity index is 556. The lowest BCUT2D eigenvalue weighted by Crippen LogP contribution is -2.27. The Kier molecular flexibility index (Phi) is 5.96. The van der Waals surface area contributed by atoms with Gasteiger partial charge < -0.3 is 15.2 Å². The molecule has 1 aromatic carbocycles. The molecule has 5 heteroatoms. The van der Waals surface area contributed by atoms with E-state index in [2.05, 4.69) is 37.1 Å². The highest BCUT2D eigenvalue weighted by Gasteiger charge is 2.10. The summed E-state index contributed by atoms with van der Waals surface area (Å²) in [5, 5.41) is 13.2. The third-order valence-electron chi connectivity index (χ3n) is 3.25. The van der Waals surface area contributed by atoms with Crippen LogP contribution in [0.1, 0.15) is 27.2 Å². The Balaban J connectivity index is 1.74. The standard InChI is InChI=1S/C16H24N2O2S/c1-11(2)6-12(3)20-9-14(19)8-17-13-4-5-15-16(7-13)21-10-18-15/h4-5,7,10-12,14,17,19H,6,8-9H2,1-3H3. The first-order valence-corrected chi connectivity index (χ1v) is 8.29. The molecule has 2 unspecified atom stereocenters. The predicted molar refractivity (Wildman–Crippen MR) is 89.0 cm³/mol. The van der Waals surface area contributed by atoms with Crippen molar-refractivity contribution in [1.82, 2.24) is 4.98 Å². The number of ether oxygens (including phenoxy) is 1. The lowest BCUT2D eigenvalue weighted by Gasteiger charge is -2.18. The number of anilines is 1. The maximum Gasteiger partial charge on any atom is 0.0945 e. The molecule has 116 valence electrons. The van der Waals surface area contributed by atoms with Gasteiger partial charge in [0.05, 0.1) is 34.5 Å². The van der Waals surface area contributed by atoms with Gasteiger partial charge in [0.1, 0.15) is 0 Å². The van der Waals surface area contributed by atoms with E-state index in [0.29, 0.717) is 19.1 Å². The van der Waals surface area contributed by atoms with E-state index in [4.69, 9.17) is 4.74 Å². The molecular formula is C16H24N2O2S. The van der Waals surface area contributed by atoms with Gasteiger partial charge in [-0.15, -0.1) is 11.3 Å². The van der Waals surface area contributed by atoms with E-state index in [1.54, 1.807) is 11.3 Å². The number of aliphatic hydroxyl groups excluding tert-OH is 1. The second-order valence-corrected chi connectivity index (χ2v) is 6.73. The van der Waals surface area contributed by atoms with Crippen LogP contribution < -0.4 is 5.32 Å². The van der Waals surface area contributed by atoms with Crippen LogP contribution in [0.4, 0.5) is 5.69 Å². The summed E-state index contributed by atoms with van der Waals surface area (Å²) in [7, 11) is 0. The first-order chi connectivity index (χ1) is 10.0. The largest absolute Gasteiger partial charge is 0.389 e. The lowest BCUT2D eigenvalue weighted by atomic mass is 10.1. The fourth-order valence-electron chi connectivity index (χ4n) is 2.27. The van der Waals surface area contributed by atoms with E-state index in [1.165, 1.54) is 0 Å². The highest BCUT2D eigenvalue weighted by Crippen LogP contribution is 2.21. The molecule has 0 bridgehead atoms. The molecule has 0 aliphatic rings. The first kappa shape index (κ1) is 16.2. The molecule has 0 saturated carbocycles. The highest BCUT2D eigenvalue weighted by atomic mass is 32.1. The molecule has 2 N–H and O–H groups in total. The van der Waals surface area contributed by atoms with Crippen molar-refractivity contribution >= 4 is 27.2 Å². The smallest absolute Gasteiger partial charge is 0.0945 e. The van der Waals surface area contributed by atoms with Crippen LogP contribution in [0.5, 0.6) is 0 Å². The van der Waals surface area contributed by atoms with Gasteiger partial charge in [-0.05, 0) is 37.5 Å². The van der Waals surface area contributed by atoms with Gasteiger partial charge in [-0.2, -0.15) is 0 Å². The summed E-state index contributed by atoms with van der Waals surface area (Å²) in [5.41, 5.74) is 3.85. The number of thiazole rings is 1. The predicted octanol–water partition coefficient (Wildman–Crippen LogP) is 3.52. The number of rotatable bonds is 8. The minimum atomic E-state index is -0.503. The van der Waals surface area contributed by atoms with Crippen LogP contribution >= 0.6 is 11.3 Å². The summed E-state index contributed by atoms with van der Waals surface area (Å²) in [6.45, 7) is 7.25. The van der Waals surface area contributed by atoms with Crippen molar-refractivity contribution in [2.45, 2.75) is 39.4 Å². The third kappa shape index (κ3) is 5.26. The third-order valence-corrected chi connectivity index (χ3v) is 4.04.